The second kappa shape index (κ2) is 17.3. The normalized spacial score (nSPS) is 11.1. The van der Waals surface area contributed by atoms with Crippen molar-refractivity contribution in [3.05, 3.63) is 78.1 Å². The van der Waals surface area contributed by atoms with Crippen LogP contribution in [0.5, 0.6) is 0 Å². The van der Waals surface area contributed by atoms with Gasteiger partial charge in [-0.25, -0.2) is 4.98 Å². The Labute approximate surface area is 280 Å². The summed E-state index contributed by atoms with van der Waals surface area (Å²) in [5.74, 6) is 0.759. The summed E-state index contributed by atoms with van der Waals surface area (Å²) in [7, 11) is 0. The van der Waals surface area contributed by atoms with Gasteiger partial charge in [-0.3, -0.25) is 43.7 Å². The predicted molar refractivity (Wildman–Crippen MR) is 178 cm³/mol. The molecule has 4 aromatic rings. The van der Waals surface area contributed by atoms with Crippen LogP contribution in [0, 0.1) is 11.8 Å². The molecule has 0 atom stereocenters. The van der Waals surface area contributed by atoms with E-state index >= 15 is 0 Å². The number of carboxylic acid groups (broad SMARTS) is 4. The third kappa shape index (κ3) is 11.7. The number of pyridine rings is 2. The van der Waals surface area contributed by atoms with Crippen LogP contribution in [0.15, 0.2) is 66.9 Å². The summed E-state index contributed by atoms with van der Waals surface area (Å²) >= 11 is 0. The molecule has 1 amide bonds. The molecule has 0 unspecified atom stereocenters. The summed E-state index contributed by atoms with van der Waals surface area (Å²) in [5.41, 5.74) is 3.25. The van der Waals surface area contributed by atoms with Gasteiger partial charge in [0.05, 0.1) is 43.8 Å². The number of rotatable bonds is 17. The minimum absolute atomic E-state index is 0.000250. The summed E-state index contributed by atoms with van der Waals surface area (Å²) < 4.78 is 0. The van der Waals surface area contributed by atoms with Gasteiger partial charge in [0.25, 0.3) is 0 Å². The minimum atomic E-state index is -1.24. The molecule has 4 rings (SSSR count). The number of carboxylic acids is 4. The lowest BCUT2D eigenvalue weighted by Crippen LogP contribution is -2.46. The number of nitrogens with zero attached hydrogens (tertiary/aromatic N) is 5. The number of aliphatic carboxylic acids is 4. The van der Waals surface area contributed by atoms with Crippen molar-refractivity contribution in [3.8, 4) is 11.8 Å². The van der Waals surface area contributed by atoms with Crippen LogP contribution in [0.1, 0.15) is 11.3 Å². The monoisotopic (exact) mass is 670 g/mol. The Morgan fingerprint density at radius 3 is 1.69 bits per heavy atom. The number of amides is 1. The Kier molecular flexibility index (Phi) is 12.7. The molecule has 0 fully saturated rings. The summed E-state index contributed by atoms with van der Waals surface area (Å²) in [6.07, 6.45) is 1.72. The average Bonchev–Trinajstić information content (AvgIpc) is 3.04. The van der Waals surface area contributed by atoms with E-state index in [2.05, 4.69) is 27.1 Å². The van der Waals surface area contributed by atoms with Crippen molar-refractivity contribution < 1.29 is 44.4 Å². The molecule has 2 aromatic heterocycles. The molecule has 0 radical (unpaired) electrons. The van der Waals surface area contributed by atoms with Crippen molar-refractivity contribution in [2.75, 3.05) is 64.2 Å². The third-order valence-electron chi connectivity index (χ3n) is 7.20. The molecule has 0 bridgehead atoms. The van der Waals surface area contributed by atoms with Gasteiger partial charge in [0.2, 0.25) is 5.91 Å². The molecule has 2 heterocycles. The van der Waals surface area contributed by atoms with Crippen LogP contribution in [0.25, 0.3) is 21.8 Å². The maximum Gasteiger partial charge on any atom is 0.317 e. The first kappa shape index (κ1) is 35.9. The standard InChI is InChI=1S/C34H34N6O9/c41-28(18-39(20-30(44)45)16-14-38(19-29(42)43)15-17-40(21-31(46)47)22-32(48)49)36-26-9-3-23(4-10-26)5-11-27-12-8-25-7-6-24-2-1-13-35-33(24)34(25)37-27/h1-4,6-10,12-13H,14-22H2,(H,36,41)(H,42,43)(H,44,45)(H,46,47)(H,48,49). The number of aromatic nitrogens is 2. The molecule has 49 heavy (non-hydrogen) atoms. The molecule has 0 aliphatic heterocycles. The highest BCUT2D eigenvalue weighted by atomic mass is 16.4. The maximum absolute atomic E-state index is 12.8. The Morgan fingerprint density at radius 2 is 1.10 bits per heavy atom. The van der Waals surface area contributed by atoms with Gasteiger partial charge in [-0.2, -0.15) is 0 Å². The van der Waals surface area contributed by atoms with Gasteiger partial charge >= 0.3 is 23.9 Å². The second-order valence-electron chi connectivity index (χ2n) is 11.1. The lowest BCUT2D eigenvalue weighted by molar-refractivity contribution is -0.143. The number of benzene rings is 2. The molecule has 0 aliphatic carbocycles. The van der Waals surface area contributed by atoms with E-state index in [4.69, 9.17) is 10.2 Å². The first-order valence-corrected chi connectivity index (χ1v) is 15.1. The first-order chi connectivity index (χ1) is 23.4. The van der Waals surface area contributed by atoms with Crippen molar-refractivity contribution in [1.29, 1.82) is 0 Å². The number of fused-ring (bicyclic) bond motifs is 3. The van der Waals surface area contributed by atoms with Crippen LogP contribution in [0.2, 0.25) is 0 Å². The summed E-state index contributed by atoms with van der Waals surface area (Å²) in [6, 6.07) is 18.3. The van der Waals surface area contributed by atoms with Crippen molar-refractivity contribution in [3.63, 3.8) is 0 Å². The summed E-state index contributed by atoms with van der Waals surface area (Å²) in [4.78, 5) is 70.9. The van der Waals surface area contributed by atoms with Crippen molar-refractivity contribution in [1.82, 2.24) is 24.7 Å². The highest BCUT2D eigenvalue weighted by molar-refractivity contribution is 6.02. The summed E-state index contributed by atoms with van der Waals surface area (Å²) in [6.45, 7) is -2.41. The van der Waals surface area contributed by atoms with Gasteiger partial charge in [-0.15, -0.1) is 0 Å². The van der Waals surface area contributed by atoms with Crippen LogP contribution in [-0.4, -0.2) is 134 Å². The number of anilines is 1. The fraction of sp³-hybridized carbons (Fsp3) is 0.265. The van der Waals surface area contributed by atoms with E-state index < -0.39 is 56.0 Å². The Balaban J connectivity index is 1.35. The van der Waals surface area contributed by atoms with Gasteiger partial charge in [0.15, 0.2) is 0 Å². The zero-order valence-electron chi connectivity index (χ0n) is 26.3. The highest BCUT2D eigenvalue weighted by Gasteiger charge is 2.19. The molecule has 0 saturated carbocycles. The second-order valence-corrected chi connectivity index (χ2v) is 11.1. The lowest BCUT2D eigenvalue weighted by atomic mass is 10.1. The van der Waals surface area contributed by atoms with Gasteiger partial charge in [0, 0.05) is 54.4 Å². The molecule has 0 spiro atoms. The largest absolute Gasteiger partial charge is 0.480 e. The number of carbonyl (C=O) groups is 5. The molecule has 254 valence electrons. The molecule has 0 aliphatic rings. The third-order valence-corrected chi connectivity index (χ3v) is 7.20. The molecule has 0 saturated heterocycles. The predicted octanol–water partition coefficient (Wildman–Crippen LogP) is 1.37. The van der Waals surface area contributed by atoms with Gasteiger partial charge < -0.3 is 25.7 Å². The topological polar surface area (TPSA) is 214 Å². The fourth-order valence-corrected chi connectivity index (χ4v) is 5.00. The van der Waals surface area contributed by atoms with Crippen LogP contribution >= 0.6 is 0 Å². The van der Waals surface area contributed by atoms with E-state index in [9.17, 15) is 34.2 Å². The van der Waals surface area contributed by atoms with Crippen molar-refractivity contribution in [2.24, 2.45) is 0 Å². The van der Waals surface area contributed by atoms with E-state index in [0.29, 0.717) is 16.9 Å². The van der Waals surface area contributed by atoms with Crippen LogP contribution in [0.4, 0.5) is 5.69 Å². The van der Waals surface area contributed by atoms with Crippen LogP contribution < -0.4 is 5.32 Å². The van der Waals surface area contributed by atoms with Crippen LogP contribution in [0.3, 0.4) is 0 Å². The lowest BCUT2D eigenvalue weighted by Gasteiger charge is -2.27. The molecular weight excluding hydrogens is 636 g/mol. The zero-order valence-corrected chi connectivity index (χ0v) is 26.3. The van der Waals surface area contributed by atoms with Crippen molar-refractivity contribution in [2.45, 2.75) is 0 Å². The van der Waals surface area contributed by atoms with Gasteiger partial charge in [-0.1, -0.05) is 24.1 Å². The Bertz CT molecular complexity index is 1890. The van der Waals surface area contributed by atoms with Gasteiger partial charge in [-0.05, 0) is 48.4 Å². The number of hydrogen-bond acceptors (Lipinski definition) is 10. The molecule has 15 heteroatoms. The maximum atomic E-state index is 12.8. The number of nitrogens with one attached hydrogen (secondary N) is 1. The summed E-state index contributed by atoms with van der Waals surface area (Å²) in [5, 5.41) is 41.4. The Hall–Kier alpha value is -5.95. The van der Waals surface area contributed by atoms with Gasteiger partial charge in [0.1, 0.15) is 5.69 Å². The van der Waals surface area contributed by atoms with E-state index in [1.807, 2.05) is 36.4 Å². The van der Waals surface area contributed by atoms with E-state index in [0.717, 1.165) is 26.7 Å². The van der Waals surface area contributed by atoms with E-state index in [1.54, 1.807) is 30.5 Å². The fourth-order valence-electron chi connectivity index (χ4n) is 5.00. The molecule has 15 nitrogen and oxygen atoms in total. The molecule has 5 N–H and O–H groups in total. The quantitative estimate of drug-likeness (QED) is 0.0793. The smallest absolute Gasteiger partial charge is 0.317 e. The van der Waals surface area contributed by atoms with Crippen molar-refractivity contribution >= 4 is 57.3 Å². The minimum Gasteiger partial charge on any atom is -0.480 e. The van der Waals surface area contributed by atoms with E-state index in [-0.39, 0.29) is 32.7 Å². The zero-order chi connectivity index (χ0) is 35.3. The average molecular weight is 671 g/mol. The molecular formula is C34H34N6O9. The Morgan fingerprint density at radius 1 is 0.592 bits per heavy atom. The van der Waals surface area contributed by atoms with E-state index in [1.165, 1.54) is 9.80 Å². The first-order valence-electron chi connectivity index (χ1n) is 15.1. The van der Waals surface area contributed by atoms with Crippen LogP contribution in [-0.2, 0) is 24.0 Å². The highest BCUT2D eigenvalue weighted by Crippen LogP contribution is 2.22. The molecule has 2 aromatic carbocycles. The number of carbonyl (C=O) groups excluding carboxylic acids is 1. The number of hydrogen-bond donors (Lipinski definition) is 5. The SMILES string of the molecule is O=C(O)CN(CCN(CC(=O)O)CC(=O)O)CCN(CC(=O)O)CC(=O)Nc1ccc(C#Cc2ccc3ccc4cccnc4c3n2)cc1.